The normalized spacial score (nSPS) is 18.3. The van der Waals surface area contributed by atoms with E-state index < -0.39 is 20.9 Å². The summed E-state index contributed by atoms with van der Waals surface area (Å²) in [6.07, 6.45) is 4.04. The molecule has 3 aliphatic rings. The van der Waals surface area contributed by atoms with Crippen LogP contribution in [-0.2, 0) is 55.9 Å². The van der Waals surface area contributed by atoms with E-state index in [-0.39, 0.29) is 126 Å². The molecule has 6 rings (SSSR count). The average Bonchev–Trinajstić information content (AvgIpc) is 4.15. The number of methoxy groups -OCH3 is 3. The fourth-order valence-electron chi connectivity index (χ4n) is 5.83. The molecule has 0 aromatic heterocycles. The summed E-state index contributed by atoms with van der Waals surface area (Å²) in [4.78, 5) is 56.3. The molecule has 3 saturated carbocycles. The first-order valence-electron chi connectivity index (χ1n) is 20.0. The first-order valence-corrected chi connectivity index (χ1v) is 24.4. The van der Waals surface area contributed by atoms with Gasteiger partial charge >= 0.3 is 82.3 Å². The number of rotatable bonds is 14. The van der Waals surface area contributed by atoms with Crippen molar-refractivity contribution < 1.29 is 124 Å². The number of aldehydes is 1. The molecule has 0 amide bonds. The summed E-state index contributed by atoms with van der Waals surface area (Å²) in [7, 11) is 4.76. The molecule has 0 heterocycles. The number of aliphatic hydroxyl groups is 1. The molecule has 0 bridgehead atoms. The van der Waals surface area contributed by atoms with Gasteiger partial charge in [-0.1, -0.05) is 53.9 Å². The second-order valence-electron chi connectivity index (χ2n) is 13.8. The minimum atomic E-state index is -1.44. The Kier molecular flexibility index (Phi) is 43.8. The zero-order valence-electron chi connectivity index (χ0n) is 39.2. The summed E-state index contributed by atoms with van der Waals surface area (Å²) >= 11 is 10.8. The van der Waals surface area contributed by atoms with Gasteiger partial charge in [-0.25, -0.2) is 0 Å². The van der Waals surface area contributed by atoms with E-state index in [0.717, 1.165) is 29.0 Å². The second-order valence-corrected chi connectivity index (χ2v) is 17.9. The Morgan fingerprint density at radius 1 is 0.706 bits per heavy atom. The molecule has 1 N–H and O–H groups in total. The fourth-order valence-corrected chi connectivity index (χ4v) is 7.40. The SMILES string of the molecule is CCOC(=O)C1CC1C(=O)c1ccc(Br)cc1OC.CCOC(=O)C1CC1C(O)c1ccc(Br)cc1OC.CCOC(=O)C1CC1C=O.COc1cc(Br)ccc1I.C[CH-]C.[Cl-].[Cl-].[Li+].[Mg+2].[O]=[Mn]=[O]. The maximum absolute atomic E-state index is 12.3. The number of hydrogen-bond donors (Lipinski definition) is 1. The van der Waals surface area contributed by atoms with Crippen LogP contribution < -0.4 is 57.9 Å². The molecule has 14 nitrogen and oxygen atoms in total. The molecular formula is C45H55Br3Cl2ILiMgMnO14. The van der Waals surface area contributed by atoms with Crippen LogP contribution in [0.15, 0.2) is 68.0 Å². The second kappa shape index (κ2) is 40.5. The third-order valence-electron chi connectivity index (χ3n) is 9.21. The molecule has 3 aliphatic carbocycles. The van der Waals surface area contributed by atoms with Crippen molar-refractivity contribution in [2.75, 3.05) is 41.2 Å². The number of esters is 3. The number of ether oxygens (including phenoxy) is 6. The number of hydrogen-bond acceptors (Lipinski definition) is 14. The van der Waals surface area contributed by atoms with Crippen LogP contribution in [0.4, 0.5) is 0 Å². The minimum absolute atomic E-state index is 0. The Morgan fingerprint density at radius 2 is 1.12 bits per heavy atom. The topological polar surface area (TPSA) is 195 Å². The molecular weight excluding hydrogens is 1290 g/mol. The van der Waals surface area contributed by atoms with E-state index in [4.69, 9.17) is 36.1 Å². The van der Waals surface area contributed by atoms with Crippen LogP contribution >= 0.6 is 70.4 Å². The molecule has 7 unspecified atom stereocenters. The van der Waals surface area contributed by atoms with Crippen LogP contribution in [0.1, 0.15) is 75.9 Å². The van der Waals surface area contributed by atoms with Crippen molar-refractivity contribution in [2.24, 2.45) is 35.5 Å². The Balaban J connectivity index is -0.000000391. The number of aliphatic hydroxyl groups excluding tert-OH is 1. The summed E-state index contributed by atoms with van der Waals surface area (Å²) in [5, 5.41) is 10.3. The van der Waals surface area contributed by atoms with E-state index in [1.54, 1.807) is 59.3 Å². The summed E-state index contributed by atoms with van der Waals surface area (Å²) in [6, 6.07) is 16.7. The predicted octanol–water partition coefficient (Wildman–Crippen LogP) is 0.598. The Hall–Kier alpha value is -0.997. The Morgan fingerprint density at radius 3 is 1.54 bits per heavy atom. The van der Waals surface area contributed by atoms with E-state index in [1.807, 2.05) is 50.6 Å². The maximum atomic E-state index is 12.3. The third kappa shape index (κ3) is 26.1. The van der Waals surface area contributed by atoms with Gasteiger partial charge in [0, 0.05) is 36.7 Å². The number of halogens is 6. The summed E-state index contributed by atoms with van der Waals surface area (Å²) in [5.41, 5.74) is 1.23. The van der Waals surface area contributed by atoms with Gasteiger partial charge in [0.15, 0.2) is 5.78 Å². The average molecular weight is 1340 g/mol. The van der Waals surface area contributed by atoms with E-state index in [1.165, 1.54) is 7.11 Å². The molecule has 3 aromatic rings. The fraction of sp³-hybridized carbons (Fsp3) is 0.467. The summed E-state index contributed by atoms with van der Waals surface area (Å²) in [5.74, 6) is 0.269. The molecule has 0 spiro atoms. The van der Waals surface area contributed by atoms with Gasteiger partial charge in [0.05, 0.1) is 74.1 Å². The van der Waals surface area contributed by atoms with Gasteiger partial charge in [0.25, 0.3) is 0 Å². The van der Waals surface area contributed by atoms with Crippen molar-refractivity contribution >= 4 is 123 Å². The van der Waals surface area contributed by atoms with Crippen molar-refractivity contribution in [3.05, 3.63) is 89.1 Å². The molecule has 0 radical (unpaired) electrons. The standard InChI is InChI=1S/C14H17BrO4.C14H15BrO4.C7H6BrIO.C7H10O3.C3H7.2ClH.Li.Mg.Mn.2O/c2*1-3-19-14(17)11-7-10(11)13(16)9-5-4-8(15)6-12(9)18-2;1-10-7-4-5(8)2-3-6(7)9;1-2-10-7(9)6-3-5(6)4-8;1-3-2;;;;;;;/h4-6,10-11,13,16H,3,7H2,1-2H3;4-6,10-11H,3,7H2,1-2H3;2-4H,1H3;4-6H,2-3H2,1H3;3H,1-2H3;2*1H;;;;;/q;;;;-1;;;+1;+2;;;/p-2. The summed E-state index contributed by atoms with van der Waals surface area (Å²) in [6.45, 7) is 10.4. The Bertz CT molecular complexity index is 2040. The zero-order valence-corrected chi connectivity index (χ0v) is 50.3. The summed E-state index contributed by atoms with van der Waals surface area (Å²) < 4.78 is 50.9. The molecule has 371 valence electrons. The van der Waals surface area contributed by atoms with Gasteiger partial charge < -0.3 is 69.6 Å². The van der Waals surface area contributed by atoms with Gasteiger partial charge in [0.1, 0.15) is 23.5 Å². The van der Waals surface area contributed by atoms with Crippen LogP contribution in [-0.4, -0.2) is 99.3 Å². The van der Waals surface area contributed by atoms with Crippen LogP contribution in [0.2, 0.25) is 0 Å². The van der Waals surface area contributed by atoms with Gasteiger partial charge in [-0.2, -0.15) is 13.8 Å². The number of carbonyl (C=O) groups is 5. The molecule has 3 aromatic carbocycles. The van der Waals surface area contributed by atoms with Gasteiger partial charge in [-0.05, 0) is 111 Å². The van der Waals surface area contributed by atoms with Crippen LogP contribution in [0.3, 0.4) is 0 Å². The third-order valence-corrected chi connectivity index (χ3v) is 11.6. The molecule has 3 fully saturated rings. The molecule has 68 heavy (non-hydrogen) atoms. The monoisotopic (exact) mass is 1340 g/mol. The predicted molar refractivity (Wildman–Crippen MR) is 258 cm³/mol. The van der Waals surface area contributed by atoms with E-state index >= 15 is 0 Å². The molecule has 0 aliphatic heterocycles. The molecule has 23 heteroatoms. The first-order chi connectivity index (χ1) is 30.5. The van der Waals surface area contributed by atoms with E-state index in [2.05, 4.69) is 70.4 Å². The number of carbonyl (C=O) groups excluding carboxylic acids is 5. The first kappa shape index (κ1) is 73.5. The van der Waals surface area contributed by atoms with Crippen LogP contribution in [0.25, 0.3) is 0 Å². The van der Waals surface area contributed by atoms with Crippen LogP contribution in [0.5, 0.6) is 17.2 Å². The number of ketones is 1. The number of Topliss-reactive ketones (excluding diaryl/α,β-unsaturated/α-hetero) is 1. The van der Waals surface area contributed by atoms with E-state index in [9.17, 15) is 29.1 Å². The van der Waals surface area contributed by atoms with Crippen molar-refractivity contribution in [3.8, 4) is 17.2 Å². The van der Waals surface area contributed by atoms with Gasteiger partial charge in [0.2, 0.25) is 0 Å². The van der Waals surface area contributed by atoms with Crippen LogP contribution in [0, 0.1) is 45.5 Å². The van der Waals surface area contributed by atoms with Crippen molar-refractivity contribution in [1.82, 2.24) is 0 Å². The zero-order chi connectivity index (χ0) is 48.5. The Labute approximate surface area is 484 Å². The van der Waals surface area contributed by atoms with Crippen molar-refractivity contribution in [2.45, 2.75) is 60.0 Å². The van der Waals surface area contributed by atoms with E-state index in [0.29, 0.717) is 61.7 Å². The molecule has 7 atom stereocenters. The number of benzene rings is 3. The molecule has 0 saturated heterocycles. The van der Waals surface area contributed by atoms with Crippen molar-refractivity contribution in [1.29, 1.82) is 0 Å². The van der Waals surface area contributed by atoms with Gasteiger partial charge in [-0.15, -0.1) is 0 Å². The quantitative estimate of drug-likeness (QED) is 0.0449. The van der Waals surface area contributed by atoms with Crippen molar-refractivity contribution in [3.63, 3.8) is 0 Å². The van der Waals surface area contributed by atoms with Gasteiger partial charge in [-0.3, -0.25) is 19.2 Å².